The van der Waals surface area contributed by atoms with E-state index < -0.39 is 66.0 Å². The van der Waals surface area contributed by atoms with Gasteiger partial charge in [-0.1, -0.05) is 30.3 Å². The van der Waals surface area contributed by atoms with Crippen molar-refractivity contribution < 1.29 is 59.4 Å². The molecule has 0 aliphatic rings. The van der Waals surface area contributed by atoms with Crippen LogP contribution in [0, 0.1) is 21.6 Å². The third kappa shape index (κ3) is 56.9. The van der Waals surface area contributed by atoms with E-state index in [-0.39, 0.29) is 30.4 Å². The predicted molar refractivity (Wildman–Crippen MR) is 241 cm³/mol. The van der Waals surface area contributed by atoms with Crippen LogP contribution in [0.4, 0.5) is 0 Å². The van der Waals surface area contributed by atoms with Crippen LogP contribution in [-0.4, -0.2) is 153 Å². The van der Waals surface area contributed by atoms with E-state index in [9.17, 15) is 28.8 Å². The predicted octanol–water partition coefficient (Wildman–Crippen LogP) is -5.68. The number of nitrogens with two attached hydrogens (primary N) is 10. The zero-order chi connectivity index (χ0) is 51.5. The van der Waals surface area contributed by atoms with Gasteiger partial charge >= 0.3 is 35.8 Å². The molecular formula is C35H72N18O12. The van der Waals surface area contributed by atoms with Gasteiger partial charge in [0.15, 0.2) is 23.8 Å². The van der Waals surface area contributed by atoms with E-state index in [2.05, 4.69) is 27.0 Å². The molecule has 0 aliphatic carbocycles. The minimum absolute atomic E-state index is 0.112. The fourth-order valence-electron chi connectivity index (χ4n) is 3.63. The normalized spacial score (nSPS) is 11.8. The molecule has 0 saturated carbocycles. The first-order valence-electron chi connectivity index (χ1n) is 19.3. The third-order valence-electron chi connectivity index (χ3n) is 7.09. The van der Waals surface area contributed by atoms with Crippen molar-refractivity contribution in [1.82, 2.24) is 21.3 Å². The zero-order valence-corrected chi connectivity index (χ0v) is 36.1. The summed E-state index contributed by atoms with van der Waals surface area (Å²) in [5, 5.41) is 87.0. The van der Waals surface area contributed by atoms with Crippen LogP contribution in [0.25, 0.3) is 0 Å². The van der Waals surface area contributed by atoms with E-state index in [4.69, 9.17) is 104 Å². The number of carboxylic acids is 6. The lowest BCUT2D eigenvalue weighted by Gasteiger charge is -2.06. The molecular weight excluding hydrogens is 864 g/mol. The summed E-state index contributed by atoms with van der Waals surface area (Å²) in [4.78, 5) is 60.5. The number of aliphatic carboxylic acids is 6. The smallest absolute Gasteiger partial charge is 0.320 e. The van der Waals surface area contributed by atoms with Crippen molar-refractivity contribution in [2.75, 3.05) is 32.7 Å². The number of carbonyl (C=O) groups is 6. The van der Waals surface area contributed by atoms with Crippen molar-refractivity contribution in [2.24, 2.45) is 57.3 Å². The quantitative estimate of drug-likeness (QED) is 0.0261. The number of guanidine groups is 4. The maximum absolute atomic E-state index is 10.4. The van der Waals surface area contributed by atoms with Crippen molar-refractivity contribution in [2.45, 2.75) is 88.0 Å². The van der Waals surface area contributed by atoms with Crippen LogP contribution in [0.5, 0.6) is 0 Å². The second kappa shape index (κ2) is 43.5. The molecule has 0 aromatic heterocycles. The molecule has 0 radical (unpaired) electrons. The summed E-state index contributed by atoms with van der Waals surface area (Å²) in [5.41, 5.74) is 51.7. The van der Waals surface area contributed by atoms with Crippen LogP contribution in [-0.2, 0) is 35.2 Å². The lowest BCUT2D eigenvalue weighted by Crippen LogP contribution is -2.34. The van der Waals surface area contributed by atoms with Gasteiger partial charge in [-0.2, -0.15) is 0 Å². The first-order valence-corrected chi connectivity index (χ1v) is 19.3. The lowest BCUT2D eigenvalue weighted by atomic mass is 10.1. The summed E-state index contributed by atoms with van der Waals surface area (Å²) in [6.45, 7) is 1.65. The molecule has 5 atom stereocenters. The molecule has 1 rings (SSSR count). The second-order valence-corrected chi connectivity index (χ2v) is 12.9. The summed E-state index contributed by atoms with van der Waals surface area (Å²) in [5.74, 6) is -6.38. The number of rotatable bonds is 24. The highest BCUT2D eigenvalue weighted by atomic mass is 16.4. The number of nitrogens with one attached hydrogen (secondary N) is 8. The van der Waals surface area contributed by atoms with Gasteiger partial charge in [0.25, 0.3) is 0 Å². The van der Waals surface area contributed by atoms with Gasteiger partial charge in [0.2, 0.25) is 0 Å². The van der Waals surface area contributed by atoms with Crippen molar-refractivity contribution in [3.63, 3.8) is 0 Å². The summed E-state index contributed by atoms with van der Waals surface area (Å²) >= 11 is 0. The number of benzene rings is 1. The van der Waals surface area contributed by atoms with Crippen molar-refractivity contribution in [3.8, 4) is 0 Å². The van der Waals surface area contributed by atoms with Crippen LogP contribution in [0.2, 0.25) is 0 Å². The van der Waals surface area contributed by atoms with Crippen molar-refractivity contribution >= 4 is 59.7 Å². The summed E-state index contributed by atoms with van der Waals surface area (Å²) in [7, 11) is 0. The fourth-order valence-corrected chi connectivity index (χ4v) is 3.63. The van der Waals surface area contributed by atoms with E-state index in [1.807, 2.05) is 30.3 Å². The summed E-state index contributed by atoms with van der Waals surface area (Å²) in [6.07, 6.45) is 4.28. The molecule has 0 spiro atoms. The molecule has 65 heavy (non-hydrogen) atoms. The van der Waals surface area contributed by atoms with Gasteiger partial charge in [0, 0.05) is 26.2 Å². The zero-order valence-electron chi connectivity index (χ0n) is 36.1. The van der Waals surface area contributed by atoms with Crippen LogP contribution < -0.4 is 78.6 Å². The third-order valence-corrected chi connectivity index (χ3v) is 7.09. The van der Waals surface area contributed by atoms with Crippen LogP contribution in [0.3, 0.4) is 0 Å². The molecule has 30 nitrogen and oxygen atoms in total. The molecule has 0 aliphatic heterocycles. The first-order chi connectivity index (χ1) is 30.1. The Labute approximate surface area is 375 Å². The van der Waals surface area contributed by atoms with Gasteiger partial charge in [-0.05, 0) is 63.4 Å². The van der Waals surface area contributed by atoms with E-state index in [1.54, 1.807) is 0 Å². The Balaban J connectivity index is -0.000000225. The maximum atomic E-state index is 10.4. The highest BCUT2D eigenvalue weighted by Gasteiger charge is 2.13. The monoisotopic (exact) mass is 937 g/mol. The van der Waals surface area contributed by atoms with Gasteiger partial charge in [-0.15, -0.1) is 0 Å². The van der Waals surface area contributed by atoms with Crippen LogP contribution in [0.15, 0.2) is 30.3 Å². The molecule has 0 amide bonds. The molecule has 0 saturated heterocycles. The van der Waals surface area contributed by atoms with Gasteiger partial charge < -0.3 is 109 Å². The Bertz CT molecular complexity index is 1390. The van der Waals surface area contributed by atoms with Crippen LogP contribution >= 0.6 is 0 Å². The Morgan fingerprint density at radius 3 is 0.831 bits per heavy atom. The van der Waals surface area contributed by atoms with E-state index in [0.717, 1.165) is 5.56 Å². The van der Waals surface area contributed by atoms with Crippen LogP contribution in [0.1, 0.15) is 56.9 Å². The Morgan fingerprint density at radius 1 is 0.446 bits per heavy atom. The maximum Gasteiger partial charge on any atom is 0.320 e. The topological polar surface area (TPSA) is 628 Å². The molecule has 0 heterocycles. The summed E-state index contributed by atoms with van der Waals surface area (Å²) < 4.78 is 0. The Morgan fingerprint density at radius 2 is 0.662 bits per heavy atom. The fraction of sp³-hybridized carbons (Fsp3) is 0.543. The summed E-state index contributed by atoms with van der Waals surface area (Å²) in [6, 6.07) is 5.26. The van der Waals surface area contributed by atoms with Gasteiger partial charge in [0.1, 0.15) is 30.2 Å². The highest BCUT2D eigenvalue weighted by Crippen LogP contribution is 2.01. The molecule has 0 fully saturated rings. The number of carboxylic acid groups (broad SMARTS) is 6. The number of hydrogen-bond donors (Lipinski definition) is 24. The second-order valence-electron chi connectivity index (χ2n) is 12.9. The van der Waals surface area contributed by atoms with E-state index in [1.165, 1.54) is 0 Å². The van der Waals surface area contributed by atoms with E-state index >= 15 is 0 Å². The number of hydrogen-bond acceptors (Lipinski definition) is 16. The average Bonchev–Trinajstić information content (AvgIpc) is 3.22. The largest absolute Gasteiger partial charge is 0.480 e. The Kier molecular flexibility index (Phi) is 44.8. The van der Waals surface area contributed by atoms with Crippen molar-refractivity contribution in [1.29, 1.82) is 21.6 Å². The van der Waals surface area contributed by atoms with Crippen molar-refractivity contribution in [3.05, 3.63) is 35.9 Å². The minimum atomic E-state index is -1.00. The molecule has 0 unspecified atom stereocenters. The minimum Gasteiger partial charge on any atom is -0.480 e. The molecule has 1 aromatic rings. The lowest BCUT2D eigenvalue weighted by molar-refractivity contribution is -0.139. The van der Waals surface area contributed by atoms with Gasteiger partial charge in [0.05, 0.1) is 6.54 Å². The average molecular weight is 937 g/mol. The van der Waals surface area contributed by atoms with E-state index in [0.29, 0.717) is 84.0 Å². The van der Waals surface area contributed by atoms with Gasteiger partial charge in [-0.25, -0.2) is 0 Å². The SMILES string of the molecule is N=C(N)NCCC[C@H](N)C(=O)O.N=C(N)NCCC[C@H](N)C(=O)O.N=C(N)NCCC[C@H](N)C(=O)O.N=C(N)NCCC[C@H](N)C(=O)O.NCC(=O)O.N[C@@H](Cc1ccccc1)C(=O)O. The molecule has 374 valence electrons. The molecule has 34 N–H and O–H groups in total. The standard InChI is InChI=1S/C9H11NO2.4C6H14N4O2.C2H5NO2/c10-8(9(11)12)6-7-4-2-1-3-5-7;4*7-4(5(11)12)2-1-3-10-6(8)9;3-1-2(4)5/h1-5,8H,6,10H2,(H,11,12);4*4H,1-3,7H2,(H,11,12)(H4,8,9,10);1,3H2,(H,4,5)/t8-;4*4-;/m00000./s1. The molecule has 30 heteroatoms. The first kappa shape index (κ1) is 67.0. The highest BCUT2D eigenvalue weighted by molar-refractivity contribution is 5.76. The van der Waals surface area contributed by atoms with Gasteiger partial charge in [-0.3, -0.25) is 50.4 Å². The molecule has 0 bridgehead atoms. The molecule has 1 aromatic carbocycles. The Hall–Kier alpha value is -7.12.